The van der Waals surface area contributed by atoms with Gasteiger partial charge < -0.3 is 10.0 Å². The first-order valence-electron chi connectivity index (χ1n) is 13.4. The molecule has 3 aliphatic rings. The van der Waals surface area contributed by atoms with E-state index in [9.17, 15) is 58.2 Å². The maximum Gasteiger partial charge on any atom is 0.435 e. The van der Waals surface area contributed by atoms with Crippen LogP contribution in [0, 0.1) is 17.7 Å². The number of aryl methyl sites for hydroxylation is 1. The largest absolute Gasteiger partial charge is 0.481 e. The van der Waals surface area contributed by atoms with Crippen molar-refractivity contribution in [1.82, 2.24) is 4.90 Å². The van der Waals surface area contributed by atoms with Crippen LogP contribution in [0.15, 0.2) is 47.4 Å². The lowest BCUT2D eigenvalue weighted by Gasteiger charge is -2.43. The number of benzene rings is 2. The maximum atomic E-state index is 14.9. The zero-order valence-electron chi connectivity index (χ0n) is 22.2. The minimum absolute atomic E-state index is 0.0223. The van der Waals surface area contributed by atoms with Crippen LogP contribution in [0.3, 0.4) is 0 Å². The van der Waals surface area contributed by atoms with E-state index in [2.05, 4.69) is 0 Å². The molecule has 15 heteroatoms. The molecule has 0 aromatic heterocycles. The standard InChI is InChI=1S/C28H25F8NO5S/c29-19-2-1-3-20(14-19)43(41,42)25-10-11-37(23(38)16-4-5-17(12-16)24(39)40)22(25)9-6-15-13-18(7-8-21(15)25)26(30,27(31,32)33)28(34,35)36/h1-3,7-8,13-14,16-17,22H,4-6,9-12H2,(H,39,40)/t16-,17?,22?,25?/m0/s1. The van der Waals surface area contributed by atoms with Crippen LogP contribution in [0.5, 0.6) is 0 Å². The summed E-state index contributed by atoms with van der Waals surface area (Å²) in [5.41, 5.74) is -7.97. The first-order valence-corrected chi connectivity index (χ1v) is 14.8. The second-order valence-electron chi connectivity index (χ2n) is 11.3. The average molecular weight is 640 g/mol. The number of amides is 1. The van der Waals surface area contributed by atoms with Gasteiger partial charge in [-0.1, -0.05) is 24.3 Å². The molecule has 1 amide bonds. The number of fused-ring (bicyclic) bond motifs is 3. The number of hydrogen-bond donors (Lipinski definition) is 1. The van der Waals surface area contributed by atoms with Gasteiger partial charge >= 0.3 is 24.0 Å². The number of halogens is 8. The van der Waals surface area contributed by atoms with E-state index in [0.29, 0.717) is 6.07 Å². The van der Waals surface area contributed by atoms with Crippen molar-refractivity contribution in [3.05, 3.63) is 65.0 Å². The van der Waals surface area contributed by atoms with E-state index in [0.717, 1.165) is 30.3 Å². The van der Waals surface area contributed by atoms with Crippen LogP contribution in [-0.2, 0) is 36.3 Å². The van der Waals surface area contributed by atoms with Crippen molar-refractivity contribution < 1.29 is 58.2 Å². The summed E-state index contributed by atoms with van der Waals surface area (Å²) in [7, 11) is -4.68. The van der Waals surface area contributed by atoms with Gasteiger partial charge in [-0.3, -0.25) is 9.59 Å². The molecule has 0 spiro atoms. The molecule has 1 N–H and O–H groups in total. The zero-order chi connectivity index (χ0) is 31.8. The minimum Gasteiger partial charge on any atom is -0.481 e. The lowest BCUT2D eigenvalue weighted by atomic mass is 9.76. The van der Waals surface area contributed by atoms with E-state index >= 15 is 0 Å². The summed E-state index contributed by atoms with van der Waals surface area (Å²) in [6.45, 7) is -0.175. The third-order valence-electron chi connectivity index (χ3n) is 9.07. The molecule has 1 heterocycles. The van der Waals surface area contributed by atoms with E-state index in [-0.39, 0.29) is 62.3 Å². The van der Waals surface area contributed by atoms with Gasteiger partial charge in [0.15, 0.2) is 9.84 Å². The van der Waals surface area contributed by atoms with E-state index in [1.165, 1.54) is 4.90 Å². The number of sulfone groups is 1. The summed E-state index contributed by atoms with van der Waals surface area (Å²) in [6, 6.07) is 4.10. The summed E-state index contributed by atoms with van der Waals surface area (Å²) in [5, 5.41) is 9.35. The second-order valence-corrected chi connectivity index (χ2v) is 13.5. The molecule has 1 aliphatic heterocycles. The third-order valence-corrected chi connectivity index (χ3v) is 11.6. The summed E-state index contributed by atoms with van der Waals surface area (Å²) in [4.78, 5) is 25.8. The van der Waals surface area contributed by atoms with Crippen LogP contribution >= 0.6 is 0 Å². The van der Waals surface area contributed by atoms with E-state index < -0.39 is 78.6 Å². The molecule has 2 aromatic carbocycles. The fourth-order valence-corrected chi connectivity index (χ4v) is 9.40. The van der Waals surface area contributed by atoms with Crippen molar-refractivity contribution in [2.24, 2.45) is 11.8 Å². The fourth-order valence-electron chi connectivity index (χ4n) is 7.00. The number of likely N-dealkylation sites (tertiary alicyclic amines) is 1. The molecule has 6 nitrogen and oxygen atoms in total. The SMILES string of the molecule is O=C(O)C1CC[C@H](C(=O)N2CCC3(S(=O)(=O)c4cccc(F)c4)c4ccc(C(F)(C(F)(F)F)C(F)(F)F)cc4CCC23)C1. The number of rotatable bonds is 5. The molecule has 5 rings (SSSR count). The highest BCUT2D eigenvalue weighted by atomic mass is 32.2. The first kappa shape index (κ1) is 31.2. The highest BCUT2D eigenvalue weighted by Gasteiger charge is 2.74. The smallest absolute Gasteiger partial charge is 0.435 e. The van der Waals surface area contributed by atoms with E-state index in [4.69, 9.17) is 0 Å². The third kappa shape index (κ3) is 4.60. The Kier molecular flexibility index (Phi) is 7.37. The number of alkyl halides is 7. The predicted octanol–water partition coefficient (Wildman–Crippen LogP) is 5.83. The molecule has 2 aliphatic carbocycles. The predicted molar refractivity (Wildman–Crippen MR) is 134 cm³/mol. The molecule has 234 valence electrons. The minimum atomic E-state index is -6.38. The molecular formula is C28H25F8NO5S. The van der Waals surface area contributed by atoms with Gasteiger partial charge in [0.2, 0.25) is 5.91 Å². The quantitative estimate of drug-likeness (QED) is 0.416. The molecule has 4 atom stereocenters. The van der Waals surface area contributed by atoms with Crippen molar-refractivity contribution in [2.75, 3.05) is 6.54 Å². The number of carboxylic acid groups (broad SMARTS) is 1. The molecule has 3 unspecified atom stereocenters. The molecular weight excluding hydrogens is 614 g/mol. The van der Waals surface area contributed by atoms with Crippen LogP contribution in [0.4, 0.5) is 35.1 Å². The van der Waals surface area contributed by atoms with Crippen LogP contribution in [-0.4, -0.2) is 55.2 Å². The van der Waals surface area contributed by atoms with Crippen molar-refractivity contribution in [1.29, 1.82) is 0 Å². The van der Waals surface area contributed by atoms with Crippen LogP contribution in [0.1, 0.15) is 48.8 Å². The van der Waals surface area contributed by atoms with Crippen LogP contribution in [0.2, 0.25) is 0 Å². The zero-order valence-corrected chi connectivity index (χ0v) is 23.0. The second kappa shape index (κ2) is 10.2. The van der Waals surface area contributed by atoms with Crippen LogP contribution in [0.25, 0.3) is 0 Å². The Morgan fingerprint density at radius 2 is 1.56 bits per heavy atom. The summed E-state index contributed by atoms with van der Waals surface area (Å²) < 4.78 is 137. The Balaban J connectivity index is 1.66. The Hall–Kier alpha value is -3.23. The fraction of sp³-hybridized carbons (Fsp3) is 0.500. The molecule has 0 bridgehead atoms. The number of carbonyl (C=O) groups is 2. The average Bonchev–Trinajstić information content (AvgIpc) is 3.57. The Bertz CT molecular complexity index is 1560. The highest BCUT2D eigenvalue weighted by molar-refractivity contribution is 7.92. The van der Waals surface area contributed by atoms with Crippen molar-refractivity contribution in [3.8, 4) is 0 Å². The number of hydrogen-bond acceptors (Lipinski definition) is 4. The summed E-state index contributed by atoms with van der Waals surface area (Å²) >= 11 is 0. The molecule has 2 aromatic rings. The summed E-state index contributed by atoms with van der Waals surface area (Å²) in [5.74, 6) is -4.02. The number of carboxylic acids is 1. The molecule has 2 fully saturated rings. The van der Waals surface area contributed by atoms with Gasteiger partial charge in [0.25, 0.3) is 0 Å². The van der Waals surface area contributed by atoms with Crippen molar-refractivity contribution in [3.63, 3.8) is 0 Å². The van der Waals surface area contributed by atoms with Gasteiger partial charge in [-0.25, -0.2) is 17.2 Å². The highest BCUT2D eigenvalue weighted by Crippen LogP contribution is 2.57. The van der Waals surface area contributed by atoms with Gasteiger partial charge in [-0.15, -0.1) is 0 Å². The topological polar surface area (TPSA) is 91.8 Å². The Morgan fingerprint density at radius 3 is 2.14 bits per heavy atom. The Morgan fingerprint density at radius 1 is 0.907 bits per heavy atom. The Labute approximate surface area is 240 Å². The molecule has 1 saturated carbocycles. The first-order chi connectivity index (χ1) is 19.9. The normalized spacial score (nSPS) is 26.2. The molecule has 0 radical (unpaired) electrons. The van der Waals surface area contributed by atoms with Gasteiger partial charge in [-0.05, 0) is 67.9 Å². The number of carbonyl (C=O) groups excluding carboxylic acids is 1. The number of aliphatic carboxylic acids is 1. The van der Waals surface area contributed by atoms with E-state index in [1.807, 2.05) is 0 Å². The van der Waals surface area contributed by atoms with Crippen molar-refractivity contribution in [2.45, 2.75) is 72.2 Å². The lowest BCUT2D eigenvalue weighted by Crippen LogP contribution is -2.53. The monoisotopic (exact) mass is 639 g/mol. The van der Waals surface area contributed by atoms with Gasteiger partial charge in [-0.2, -0.15) is 26.3 Å². The van der Waals surface area contributed by atoms with Gasteiger partial charge in [0, 0.05) is 18.0 Å². The lowest BCUT2D eigenvalue weighted by molar-refractivity contribution is -0.348. The summed E-state index contributed by atoms with van der Waals surface area (Å²) in [6.07, 6.45) is -13.1. The van der Waals surface area contributed by atoms with Gasteiger partial charge in [0.1, 0.15) is 10.6 Å². The molecule has 1 saturated heterocycles. The van der Waals surface area contributed by atoms with Crippen LogP contribution < -0.4 is 0 Å². The van der Waals surface area contributed by atoms with Gasteiger partial charge in [0.05, 0.1) is 16.9 Å². The molecule has 43 heavy (non-hydrogen) atoms. The number of nitrogens with zero attached hydrogens (tertiary/aromatic N) is 1. The maximum absolute atomic E-state index is 14.9. The van der Waals surface area contributed by atoms with E-state index in [1.54, 1.807) is 0 Å². The van der Waals surface area contributed by atoms with Crippen molar-refractivity contribution >= 4 is 21.7 Å².